The van der Waals surface area contributed by atoms with E-state index in [2.05, 4.69) is 78.1 Å². The van der Waals surface area contributed by atoms with E-state index in [-0.39, 0.29) is 10.8 Å². The lowest BCUT2D eigenvalue weighted by molar-refractivity contribution is -0.660. The molecule has 0 radical (unpaired) electrons. The van der Waals surface area contributed by atoms with Gasteiger partial charge < -0.3 is 0 Å². The maximum atomic E-state index is 7.93. The minimum atomic E-state index is -2.09. The van der Waals surface area contributed by atoms with Gasteiger partial charge in [0.1, 0.15) is 7.05 Å². The molecule has 0 unspecified atom stereocenters. The van der Waals surface area contributed by atoms with Crippen LogP contribution in [0.2, 0.25) is 19.6 Å². The standard InChI is InChI=1S/C23H34NSi/c1-15-11-16(2)20-18(12-15)22(3,4)23(5,6)19-13-17(25(8,9)10)14-24(7)21(19)20/h11-14H,1-10H3/q+1/i1D3. The van der Waals surface area contributed by atoms with E-state index in [0.717, 1.165) is 11.1 Å². The van der Waals surface area contributed by atoms with Crippen LogP contribution in [0.15, 0.2) is 24.4 Å². The van der Waals surface area contributed by atoms with Crippen LogP contribution < -0.4 is 9.75 Å². The van der Waals surface area contributed by atoms with Crippen molar-refractivity contribution < 1.29 is 8.68 Å². The van der Waals surface area contributed by atoms with Gasteiger partial charge in [-0.1, -0.05) is 65.0 Å². The lowest BCUT2D eigenvalue weighted by Gasteiger charge is -2.47. The summed E-state index contributed by atoms with van der Waals surface area (Å²) in [6.45, 7) is 16.3. The van der Waals surface area contributed by atoms with Gasteiger partial charge in [-0.15, -0.1) is 0 Å². The fourth-order valence-corrected chi connectivity index (χ4v) is 5.35. The third kappa shape index (κ3) is 2.52. The number of benzene rings is 1. The SMILES string of the molecule is [2H]C([2H])([2H])c1cc(C)c2c(c1)C(C)(C)C(C)(C)c1cc([Si](C)(C)C)c[n+](C)c1-2. The van der Waals surface area contributed by atoms with Gasteiger partial charge in [-0.2, -0.15) is 0 Å². The van der Waals surface area contributed by atoms with Crippen molar-refractivity contribution in [2.75, 3.05) is 0 Å². The lowest BCUT2D eigenvalue weighted by Crippen LogP contribution is -2.52. The summed E-state index contributed by atoms with van der Waals surface area (Å²) >= 11 is 0. The van der Waals surface area contributed by atoms with Crippen molar-refractivity contribution in [1.29, 1.82) is 0 Å². The predicted octanol–water partition coefficient (Wildman–Crippen LogP) is 4.91. The number of hydrogen-bond donors (Lipinski definition) is 0. The molecule has 0 bridgehead atoms. The quantitative estimate of drug-likeness (QED) is 0.505. The molecule has 2 heteroatoms. The zero-order chi connectivity index (χ0) is 21.4. The molecule has 0 spiro atoms. The Morgan fingerprint density at radius 1 is 0.960 bits per heavy atom. The molecule has 0 aliphatic heterocycles. The van der Waals surface area contributed by atoms with Gasteiger partial charge in [-0.05, 0) is 36.4 Å². The molecule has 1 aromatic heterocycles. The second kappa shape index (κ2) is 5.29. The zero-order valence-electron chi connectivity index (χ0n) is 20.3. The number of hydrogen-bond acceptors (Lipinski definition) is 0. The Kier molecular flexibility index (Phi) is 3.12. The third-order valence-electron chi connectivity index (χ3n) is 6.59. The van der Waals surface area contributed by atoms with Gasteiger partial charge in [0.25, 0.3) is 0 Å². The van der Waals surface area contributed by atoms with Crippen molar-refractivity contribution in [3.05, 3.63) is 46.6 Å². The highest BCUT2D eigenvalue weighted by Crippen LogP contribution is 2.53. The Labute approximate surface area is 159 Å². The first kappa shape index (κ1) is 14.7. The molecular formula is C23H34NSi+. The van der Waals surface area contributed by atoms with Gasteiger partial charge in [0.15, 0.2) is 6.20 Å². The van der Waals surface area contributed by atoms with Gasteiger partial charge in [0.05, 0.1) is 13.6 Å². The molecule has 0 N–H and O–H groups in total. The molecule has 1 aliphatic carbocycles. The summed E-state index contributed by atoms with van der Waals surface area (Å²) in [5, 5.41) is 1.46. The van der Waals surface area contributed by atoms with E-state index >= 15 is 0 Å². The maximum Gasteiger partial charge on any atom is 0.216 e. The van der Waals surface area contributed by atoms with Crippen molar-refractivity contribution in [3.63, 3.8) is 0 Å². The van der Waals surface area contributed by atoms with Gasteiger partial charge in [0.2, 0.25) is 5.69 Å². The second-order valence-corrected chi connectivity index (χ2v) is 14.9. The summed E-state index contributed by atoms with van der Waals surface area (Å²) in [5.74, 6) is 0. The van der Waals surface area contributed by atoms with Gasteiger partial charge in [-0.3, -0.25) is 0 Å². The van der Waals surface area contributed by atoms with Crippen molar-refractivity contribution in [1.82, 2.24) is 0 Å². The van der Waals surface area contributed by atoms with Crippen LogP contribution in [0.3, 0.4) is 0 Å². The van der Waals surface area contributed by atoms with Crippen LogP contribution in [-0.4, -0.2) is 8.07 Å². The van der Waals surface area contributed by atoms with Crippen LogP contribution in [0.5, 0.6) is 0 Å². The first-order chi connectivity index (χ1) is 12.5. The van der Waals surface area contributed by atoms with Gasteiger partial charge in [0, 0.05) is 20.3 Å². The van der Waals surface area contributed by atoms with Crippen molar-refractivity contribution in [2.45, 2.75) is 71.9 Å². The van der Waals surface area contributed by atoms with Crippen LogP contribution in [-0.2, 0) is 17.9 Å². The second-order valence-electron chi connectivity index (χ2n) is 9.82. The molecule has 0 saturated carbocycles. The molecular weight excluding hydrogens is 318 g/mol. The first-order valence-corrected chi connectivity index (χ1v) is 12.7. The number of nitrogens with zero attached hydrogens (tertiary/aromatic N) is 1. The first-order valence-electron chi connectivity index (χ1n) is 10.7. The Morgan fingerprint density at radius 3 is 2.12 bits per heavy atom. The van der Waals surface area contributed by atoms with Gasteiger partial charge in [-0.25, -0.2) is 4.57 Å². The van der Waals surface area contributed by atoms with Crippen LogP contribution in [0, 0.1) is 13.8 Å². The molecule has 1 heterocycles. The van der Waals surface area contributed by atoms with Gasteiger partial charge >= 0.3 is 0 Å². The highest BCUT2D eigenvalue weighted by atomic mass is 28.3. The number of fused-ring (bicyclic) bond motifs is 3. The van der Waals surface area contributed by atoms with Crippen LogP contribution in [0.1, 0.15) is 54.1 Å². The maximum absolute atomic E-state index is 7.93. The average Bonchev–Trinajstić information content (AvgIpc) is 2.50. The molecule has 1 aromatic carbocycles. The molecule has 2 aromatic rings. The van der Waals surface area contributed by atoms with Crippen molar-refractivity contribution >= 4 is 13.3 Å². The Bertz CT molecular complexity index is 884. The van der Waals surface area contributed by atoms with Crippen LogP contribution in [0.4, 0.5) is 0 Å². The fraction of sp³-hybridized carbons (Fsp3) is 0.522. The lowest BCUT2D eigenvalue weighted by atomic mass is 9.55. The molecule has 0 fully saturated rings. The summed E-state index contributed by atoms with van der Waals surface area (Å²) in [6, 6.07) is 6.23. The number of pyridine rings is 1. The van der Waals surface area contributed by atoms with Crippen molar-refractivity contribution in [3.8, 4) is 11.3 Å². The molecule has 134 valence electrons. The molecule has 3 rings (SSSR count). The highest BCUT2D eigenvalue weighted by Gasteiger charge is 2.50. The summed E-state index contributed by atoms with van der Waals surface area (Å²) < 4.78 is 26.1. The molecule has 1 aliphatic rings. The number of rotatable bonds is 1. The van der Waals surface area contributed by atoms with E-state index in [1.807, 2.05) is 12.1 Å². The van der Waals surface area contributed by atoms with E-state index in [1.165, 1.54) is 22.0 Å². The molecule has 0 amide bonds. The molecule has 1 nitrogen and oxygen atoms in total. The smallest absolute Gasteiger partial charge is 0.201 e. The minimum absolute atomic E-state index is 0.122. The Balaban J connectivity index is 2.47. The van der Waals surface area contributed by atoms with E-state index in [9.17, 15) is 0 Å². The fourth-order valence-electron chi connectivity index (χ4n) is 4.19. The normalized spacial score (nSPS) is 20.1. The van der Waals surface area contributed by atoms with E-state index in [1.54, 1.807) is 0 Å². The van der Waals surface area contributed by atoms with Crippen LogP contribution in [0.25, 0.3) is 11.3 Å². The summed E-state index contributed by atoms with van der Waals surface area (Å²) in [4.78, 5) is 0. The average molecular weight is 356 g/mol. The van der Waals surface area contributed by atoms with E-state index < -0.39 is 14.9 Å². The molecule has 25 heavy (non-hydrogen) atoms. The minimum Gasteiger partial charge on any atom is -0.201 e. The van der Waals surface area contributed by atoms with E-state index in [4.69, 9.17) is 4.11 Å². The Hall–Kier alpha value is -1.41. The molecule has 0 saturated heterocycles. The molecule has 0 atom stereocenters. The number of aromatic nitrogens is 1. The zero-order valence-corrected chi connectivity index (χ0v) is 18.3. The largest absolute Gasteiger partial charge is 0.216 e. The summed E-state index contributed by atoms with van der Waals surface area (Å²) in [6.07, 6.45) is 2.29. The summed E-state index contributed by atoms with van der Waals surface area (Å²) in [5.41, 5.74) is 6.13. The highest BCUT2D eigenvalue weighted by molar-refractivity contribution is 6.88. The monoisotopic (exact) mass is 355 g/mol. The van der Waals surface area contributed by atoms with Crippen molar-refractivity contribution in [2.24, 2.45) is 7.05 Å². The van der Waals surface area contributed by atoms with E-state index in [0.29, 0.717) is 5.56 Å². The Morgan fingerprint density at radius 2 is 1.56 bits per heavy atom. The summed E-state index contributed by atoms with van der Waals surface area (Å²) in [7, 11) is 0.670. The third-order valence-corrected chi connectivity index (χ3v) is 8.59. The van der Waals surface area contributed by atoms with Crippen LogP contribution >= 0.6 is 0 Å². The predicted molar refractivity (Wildman–Crippen MR) is 112 cm³/mol. The topological polar surface area (TPSA) is 3.88 Å². The number of aryl methyl sites for hydroxylation is 3.